The van der Waals surface area contributed by atoms with E-state index in [0.29, 0.717) is 11.1 Å². The maximum Gasteiger partial charge on any atom is 0.252 e. The molecular formula is C25H25N3O4S. The fourth-order valence-electron chi connectivity index (χ4n) is 3.16. The second-order valence-corrected chi connectivity index (χ2v) is 9.28. The molecular weight excluding hydrogens is 438 g/mol. The third-order valence-corrected chi connectivity index (χ3v) is 5.48. The maximum absolute atomic E-state index is 13.1. The van der Waals surface area contributed by atoms with Gasteiger partial charge in [0, 0.05) is 11.8 Å². The molecule has 8 heteroatoms. The molecule has 0 aliphatic heterocycles. The second kappa shape index (κ2) is 11.3. The normalized spacial score (nSPS) is 12.4. The van der Waals surface area contributed by atoms with Crippen LogP contribution in [-0.4, -0.2) is 43.9 Å². The Bertz CT molecular complexity index is 1230. The molecule has 7 nitrogen and oxygen atoms in total. The quantitative estimate of drug-likeness (QED) is 0.481. The van der Waals surface area contributed by atoms with Crippen LogP contribution in [0.15, 0.2) is 79.0 Å². The Kier molecular flexibility index (Phi) is 8.23. The van der Waals surface area contributed by atoms with E-state index < -0.39 is 34.3 Å². The van der Waals surface area contributed by atoms with Crippen molar-refractivity contribution in [3.05, 3.63) is 101 Å². The lowest BCUT2D eigenvalue weighted by Crippen LogP contribution is -2.46. The van der Waals surface area contributed by atoms with Crippen molar-refractivity contribution in [2.75, 3.05) is 12.8 Å². The van der Waals surface area contributed by atoms with Crippen molar-refractivity contribution in [3.63, 3.8) is 0 Å². The zero-order valence-electron chi connectivity index (χ0n) is 18.1. The summed E-state index contributed by atoms with van der Waals surface area (Å²) in [6.07, 6.45) is 6.49. The van der Waals surface area contributed by atoms with Crippen LogP contribution < -0.4 is 10.0 Å². The van der Waals surface area contributed by atoms with Crippen LogP contribution in [0.1, 0.15) is 27.2 Å². The smallest absolute Gasteiger partial charge is 0.252 e. The van der Waals surface area contributed by atoms with Crippen molar-refractivity contribution in [3.8, 4) is 0 Å². The van der Waals surface area contributed by atoms with Crippen LogP contribution in [-0.2, 0) is 21.2 Å². The molecule has 2 N–H and O–H groups in total. The van der Waals surface area contributed by atoms with Gasteiger partial charge in [-0.25, -0.2) is 13.1 Å². The number of pyridine rings is 1. The Balaban J connectivity index is 1.81. The standard InChI is InChI=1S/C25H25N3O4S/c1-33(31,32)27-18-24(29)23(17-19-9-3-2-4-10-19)28-25(30)22-13-6-5-11-20(22)14-15-21-12-7-8-16-26-21/h2-16,23,27H,17-18H2,1H3,(H,28,30)/t23-/m0/s1. The van der Waals surface area contributed by atoms with E-state index in [1.807, 2.05) is 54.6 Å². The van der Waals surface area contributed by atoms with E-state index in [-0.39, 0.29) is 6.42 Å². The van der Waals surface area contributed by atoms with Gasteiger partial charge < -0.3 is 5.32 Å². The third-order valence-electron chi connectivity index (χ3n) is 4.81. The predicted octanol–water partition coefficient (Wildman–Crippen LogP) is 2.71. The summed E-state index contributed by atoms with van der Waals surface area (Å²) in [5.41, 5.74) is 2.66. The molecule has 0 aliphatic rings. The second-order valence-electron chi connectivity index (χ2n) is 7.45. The number of carbonyl (C=O) groups is 2. The van der Waals surface area contributed by atoms with Gasteiger partial charge in [0.05, 0.1) is 24.5 Å². The highest BCUT2D eigenvalue weighted by atomic mass is 32.2. The fourth-order valence-corrected chi connectivity index (χ4v) is 3.56. The van der Waals surface area contributed by atoms with Crippen molar-refractivity contribution in [2.45, 2.75) is 12.5 Å². The third kappa shape index (κ3) is 7.78. The molecule has 3 rings (SSSR count). The van der Waals surface area contributed by atoms with E-state index in [1.54, 1.807) is 36.5 Å². The molecule has 0 radical (unpaired) electrons. The van der Waals surface area contributed by atoms with Crippen molar-refractivity contribution in [1.29, 1.82) is 0 Å². The van der Waals surface area contributed by atoms with Crippen LogP contribution in [0.2, 0.25) is 0 Å². The lowest BCUT2D eigenvalue weighted by atomic mass is 10.0. The minimum absolute atomic E-state index is 0.239. The van der Waals surface area contributed by atoms with Gasteiger partial charge in [0.2, 0.25) is 10.0 Å². The fraction of sp³-hybridized carbons (Fsp3) is 0.160. The Morgan fingerprint density at radius 2 is 1.64 bits per heavy atom. The van der Waals surface area contributed by atoms with Gasteiger partial charge in [-0.15, -0.1) is 0 Å². The molecule has 1 amide bonds. The van der Waals surface area contributed by atoms with E-state index in [4.69, 9.17) is 0 Å². The summed E-state index contributed by atoms with van der Waals surface area (Å²) in [7, 11) is -3.55. The Labute approximate surface area is 193 Å². The average Bonchev–Trinajstić information content (AvgIpc) is 2.82. The van der Waals surface area contributed by atoms with E-state index in [0.717, 1.165) is 17.5 Å². The molecule has 1 aromatic heterocycles. The van der Waals surface area contributed by atoms with Gasteiger partial charge in [-0.3, -0.25) is 14.6 Å². The number of nitrogens with zero attached hydrogens (tertiary/aromatic N) is 1. The Hall–Kier alpha value is -3.62. The van der Waals surface area contributed by atoms with Crippen LogP contribution in [0.25, 0.3) is 12.2 Å². The zero-order chi connectivity index (χ0) is 23.7. The first-order valence-corrected chi connectivity index (χ1v) is 12.2. The van der Waals surface area contributed by atoms with Crippen LogP contribution in [0.3, 0.4) is 0 Å². The number of sulfonamides is 1. The summed E-state index contributed by atoms with van der Waals surface area (Å²) in [5.74, 6) is -0.857. The number of amides is 1. The van der Waals surface area contributed by atoms with Crippen molar-refractivity contribution in [1.82, 2.24) is 15.0 Å². The monoisotopic (exact) mass is 463 g/mol. The number of aromatic nitrogens is 1. The molecule has 0 aliphatic carbocycles. The molecule has 3 aromatic rings. The zero-order valence-corrected chi connectivity index (χ0v) is 19.0. The van der Waals surface area contributed by atoms with Crippen molar-refractivity contribution in [2.24, 2.45) is 0 Å². The van der Waals surface area contributed by atoms with Gasteiger partial charge in [-0.1, -0.05) is 60.7 Å². The Morgan fingerprint density at radius 1 is 0.939 bits per heavy atom. The van der Waals surface area contributed by atoms with Gasteiger partial charge in [-0.2, -0.15) is 0 Å². The highest BCUT2D eigenvalue weighted by Gasteiger charge is 2.23. The highest BCUT2D eigenvalue weighted by molar-refractivity contribution is 7.88. The number of ketones is 1. The van der Waals surface area contributed by atoms with E-state index in [1.165, 1.54) is 0 Å². The number of hydrogen-bond acceptors (Lipinski definition) is 5. The molecule has 1 heterocycles. The largest absolute Gasteiger partial charge is 0.342 e. The number of carbonyl (C=O) groups excluding carboxylic acids is 2. The van der Waals surface area contributed by atoms with Gasteiger partial charge in [-0.05, 0) is 41.8 Å². The maximum atomic E-state index is 13.1. The van der Waals surface area contributed by atoms with Crippen LogP contribution in [0.5, 0.6) is 0 Å². The molecule has 0 saturated carbocycles. The topological polar surface area (TPSA) is 105 Å². The molecule has 0 fully saturated rings. The van der Waals surface area contributed by atoms with Crippen LogP contribution in [0.4, 0.5) is 0 Å². The molecule has 0 saturated heterocycles. The first kappa shape index (κ1) is 24.0. The predicted molar refractivity (Wildman–Crippen MR) is 129 cm³/mol. The lowest BCUT2D eigenvalue weighted by molar-refractivity contribution is -0.119. The number of Topliss-reactive ketones (excluding diaryl/α,β-unsaturated/α-hetero) is 1. The van der Waals surface area contributed by atoms with Gasteiger partial charge >= 0.3 is 0 Å². The summed E-state index contributed by atoms with van der Waals surface area (Å²) < 4.78 is 25.1. The Morgan fingerprint density at radius 3 is 2.33 bits per heavy atom. The first-order valence-electron chi connectivity index (χ1n) is 10.3. The van der Waals surface area contributed by atoms with E-state index in [9.17, 15) is 18.0 Å². The van der Waals surface area contributed by atoms with Gasteiger partial charge in [0.25, 0.3) is 5.91 Å². The molecule has 0 bridgehead atoms. The highest BCUT2D eigenvalue weighted by Crippen LogP contribution is 2.14. The molecule has 33 heavy (non-hydrogen) atoms. The molecule has 0 unspecified atom stereocenters. The van der Waals surface area contributed by atoms with Crippen LogP contribution in [0, 0.1) is 0 Å². The minimum Gasteiger partial charge on any atom is -0.342 e. The number of benzene rings is 2. The summed E-state index contributed by atoms with van der Waals surface area (Å²) in [4.78, 5) is 30.2. The average molecular weight is 464 g/mol. The summed E-state index contributed by atoms with van der Waals surface area (Å²) in [6.45, 7) is -0.405. The number of rotatable bonds is 10. The van der Waals surface area contributed by atoms with Gasteiger partial charge in [0.15, 0.2) is 5.78 Å². The summed E-state index contributed by atoms with van der Waals surface area (Å²) in [6, 6.07) is 20.9. The van der Waals surface area contributed by atoms with Crippen LogP contribution >= 0.6 is 0 Å². The summed E-state index contributed by atoms with van der Waals surface area (Å²) in [5, 5.41) is 2.78. The van der Waals surface area contributed by atoms with Gasteiger partial charge in [0.1, 0.15) is 0 Å². The summed E-state index contributed by atoms with van der Waals surface area (Å²) >= 11 is 0. The molecule has 0 spiro atoms. The van der Waals surface area contributed by atoms with Crippen molar-refractivity contribution < 1.29 is 18.0 Å². The minimum atomic E-state index is -3.55. The number of nitrogens with one attached hydrogen (secondary N) is 2. The first-order chi connectivity index (χ1) is 15.8. The molecule has 170 valence electrons. The molecule has 1 atom stereocenters. The van der Waals surface area contributed by atoms with E-state index >= 15 is 0 Å². The molecule has 2 aromatic carbocycles. The number of hydrogen-bond donors (Lipinski definition) is 2. The lowest BCUT2D eigenvalue weighted by Gasteiger charge is -2.19. The van der Waals surface area contributed by atoms with Crippen molar-refractivity contribution >= 4 is 33.9 Å². The van der Waals surface area contributed by atoms with E-state index in [2.05, 4.69) is 15.0 Å². The SMILES string of the molecule is CS(=O)(=O)NCC(=O)[C@H](Cc1ccccc1)NC(=O)c1ccccc1C=Cc1ccccn1.